The molecule has 0 aliphatic carbocycles. The van der Waals surface area contributed by atoms with Gasteiger partial charge in [-0.15, -0.1) is 0 Å². The highest BCUT2D eigenvalue weighted by Gasteiger charge is 2.20. The number of ether oxygens (including phenoxy) is 2. The zero-order valence-corrected chi connectivity index (χ0v) is 20.3. The number of carbonyl (C=O) groups excluding carboxylic acids is 2. The Morgan fingerprint density at radius 3 is 2.58 bits per heavy atom. The Morgan fingerprint density at radius 2 is 1.83 bits per heavy atom. The molecule has 0 N–H and O–H groups in total. The number of pyridine rings is 2. The molecule has 4 rings (SSSR count). The van der Waals surface area contributed by atoms with Crippen LogP contribution in [0, 0.1) is 0 Å². The summed E-state index contributed by atoms with van der Waals surface area (Å²) in [6.45, 7) is 4.41. The third kappa shape index (κ3) is 5.35. The lowest BCUT2D eigenvalue weighted by Crippen LogP contribution is -2.33. The fraction of sp³-hybridized carbons (Fsp3) is 0.296. The highest BCUT2D eigenvalue weighted by Crippen LogP contribution is 2.13. The molecule has 0 unspecified atom stereocenters. The molecule has 0 bridgehead atoms. The van der Waals surface area contributed by atoms with Crippen molar-refractivity contribution >= 4 is 28.6 Å². The van der Waals surface area contributed by atoms with Crippen LogP contribution >= 0.6 is 0 Å². The zero-order chi connectivity index (χ0) is 25.5. The van der Waals surface area contributed by atoms with E-state index in [2.05, 4.69) is 9.98 Å². The zero-order valence-electron chi connectivity index (χ0n) is 20.3. The number of aryl methyl sites for hydroxylation is 1. The Hall–Kier alpha value is -4.27. The molecule has 0 radical (unpaired) electrons. The van der Waals surface area contributed by atoms with Gasteiger partial charge in [0, 0.05) is 12.7 Å². The number of unbranched alkanes of at least 4 members (excludes halogenated alkanes) is 1. The monoisotopic (exact) mass is 488 g/mol. The average molecular weight is 489 g/mol. The second-order valence-electron chi connectivity index (χ2n) is 8.11. The van der Waals surface area contributed by atoms with Crippen LogP contribution in [0.3, 0.4) is 0 Å². The van der Waals surface area contributed by atoms with Crippen LogP contribution in [0.1, 0.15) is 43.5 Å². The summed E-state index contributed by atoms with van der Waals surface area (Å²) in [5, 5.41) is 0.247. The Bertz CT molecular complexity index is 1520. The maximum absolute atomic E-state index is 13.3. The van der Waals surface area contributed by atoms with Gasteiger partial charge in [-0.2, -0.15) is 4.99 Å². The molecule has 0 spiro atoms. The molecule has 0 saturated heterocycles. The van der Waals surface area contributed by atoms with Crippen LogP contribution in [0.2, 0.25) is 0 Å². The molecule has 186 valence electrons. The molecular formula is C27H28N4O5. The van der Waals surface area contributed by atoms with Crippen molar-refractivity contribution in [2.75, 3.05) is 13.2 Å². The van der Waals surface area contributed by atoms with E-state index in [4.69, 9.17) is 9.47 Å². The Balaban J connectivity index is 1.86. The standard InChI is InChI=1S/C27H28N4O5/c1-3-5-15-31-24-20(26(33)30-16-10-9-13-22(30)28-24)18-21(27(34)35-4-2)25(31)29-23(32)14-17-36-19-11-7-6-8-12-19/h6-13,16,18H,3-5,14-15,17H2,1-2H3. The number of rotatable bonds is 9. The quantitative estimate of drug-likeness (QED) is 0.264. The lowest BCUT2D eigenvalue weighted by Gasteiger charge is -2.15. The van der Waals surface area contributed by atoms with E-state index < -0.39 is 11.9 Å². The van der Waals surface area contributed by atoms with Crippen LogP contribution in [0.4, 0.5) is 0 Å². The fourth-order valence-electron chi connectivity index (χ4n) is 3.83. The summed E-state index contributed by atoms with van der Waals surface area (Å²) in [7, 11) is 0. The van der Waals surface area contributed by atoms with Gasteiger partial charge >= 0.3 is 5.97 Å². The van der Waals surface area contributed by atoms with Gasteiger partial charge in [-0.05, 0) is 43.7 Å². The second kappa shape index (κ2) is 11.4. The Morgan fingerprint density at radius 1 is 1.06 bits per heavy atom. The molecule has 0 saturated carbocycles. The molecule has 9 heteroatoms. The summed E-state index contributed by atoms with van der Waals surface area (Å²) in [4.78, 5) is 48.1. The van der Waals surface area contributed by atoms with Gasteiger partial charge in [0.2, 0.25) is 0 Å². The first-order chi connectivity index (χ1) is 17.5. The molecule has 9 nitrogen and oxygen atoms in total. The minimum Gasteiger partial charge on any atom is -0.493 e. The summed E-state index contributed by atoms with van der Waals surface area (Å²) in [5.41, 5.74) is 0.678. The van der Waals surface area contributed by atoms with Crippen LogP contribution in [-0.2, 0) is 16.1 Å². The lowest BCUT2D eigenvalue weighted by atomic mass is 10.2. The second-order valence-corrected chi connectivity index (χ2v) is 8.11. The van der Waals surface area contributed by atoms with Gasteiger partial charge in [-0.25, -0.2) is 9.78 Å². The van der Waals surface area contributed by atoms with Crippen molar-refractivity contribution in [2.24, 2.45) is 4.99 Å². The highest BCUT2D eigenvalue weighted by molar-refractivity contribution is 5.93. The van der Waals surface area contributed by atoms with Gasteiger partial charge in [0.15, 0.2) is 5.49 Å². The largest absolute Gasteiger partial charge is 0.493 e. The number of carbonyl (C=O) groups is 2. The van der Waals surface area contributed by atoms with Gasteiger partial charge in [0.05, 0.1) is 25.0 Å². The summed E-state index contributed by atoms with van der Waals surface area (Å²) >= 11 is 0. The number of fused-ring (bicyclic) bond motifs is 2. The first kappa shape index (κ1) is 24.8. The minimum absolute atomic E-state index is 0.0107. The van der Waals surface area contributed by atoms with Gasteiger partial charge in [0.1, 0.15) is 22.6 Å². The van der Waals surface area contributed by atoms with Crippen LogP contribution in [-0.4, -0.2) is 39.0 Å². The van der Waals surface area contributed by atoms with Crippen molar-refractivity contribution in [3.8, 4) is 5.75 Å². The number of para-hydroxylation sites is 1. The summed E-state index contributed by atoms with van der Waals surface area (Å²) in [5.74, 6) is -0.467. The van der Waals surface area contributed by atoms with E-state index >= 15 is 0 Å². The summed E-state index contributed by atoms with van der Waals surface area (Å²) in [6.07, 6.45) is 3.22. The number of nitrogens with zero attached hydrogens (tertiary/aromatic N) is 4. The molecule has 1 amide bonds. The predicted molar refractivity (Wildman–Crippen MR) is 135 cm³/mol. The molecular weight excluding hydrogens is 460 g/mol. The third-order valence-electron chi connectivity index (χ3n) is 5.58. The van der Waals surface area contributed by atoms with E-state index in [0.717, 1.165) is 12.8 Å². The van der Waals surface area contributed by atoms with Crippen molar-refractivity contribution in [1.82, 2.24) is 14.0 Å². The smallest absolute Gasteiger partial charge is 0.341 e. The van der Waals surface area contributed by atoms with Gasteiger partial charge in [-0.3, -0.25) is 14.0 Å². The SMILES string of the molecule is CCCCn1c(=NC(=O)CCOc2ccccc2)c(C(=O)OCC)cc2c(=O)n3ccccc3nc21. The highest BCUT2D eigenvalue weighted by atomic mass is 16.5. The van der Waals surface area contributed by atoms with Crippen molar-refractivity contribution in [1.29, 1.82) is 0 Å². The van der Waals surface area contributed by atoms with E-state index in [1.807, 2.05) is 25.1 Å². The maximum Gasteiger partial charge on any atom is 0.341 e. The Kier molecular flexibility index (Phi) is 7.89. The van der Waals surface area contributed by atoms with Crippen molar-refractivity contribution in [3.63, 3.8) is 0 Å². The van der Waals surface area contributed by atoms with Crippen LogP contribution in [0.15, 0.2) is 70.6 Å². The topological polar surface area (TPSA) is 104 Å². The number of aromatic nitrogens is 3. The number of hydrogen-bond donors (Lipinski definition) is 0. The molecule has 0 atom stereocenters. The van der Waals surface area contributed by atoms with Crippen molar-refractivity contribution < 1.29 is 19.1 Å². The van der Waals surface area contributed by atoms with Crippen LogP contribution in [0.25, 0.3) is 16.7 Å². The molecule has 36 heavy (non-hydrogen) atoms. The number of esters is 1. The van der Waals surface area contributed by atoms with E-state index in [9.17, 15) is 14.4 Å². The van der Waals surface area contributed by atoms with Gasteiger partial charge in [0.25, 0.3) is 11.5 Å². The molecule has 3 aromatic heterocycles. The summed E-state index contributed by atoms with van der Waals surface area (Å²) < 4.78 is 14.0. The minimum atomic E-state index is -0.658. The Labute approximate surface area is 207 Å². The molecule has 0 fully saturated rings. The first-order valence-electron chi connectivity index (χ1n) is 12.0. The molecule has 3 heterocycles. The first-order valence-corrected chi connectivity index (χ1v) is 12.0. The fourth-order valence-corrected chi connectivity index (χ4v) is 3.83. The maximum atomic E-state index is 13.3. The number of amides is 1. The number of benzene rings is 1. The third-order valence-corrected chi connectivity index (χ3v) is 5.58. The normalized spacial score (nSPS) is 11.7. The van der Waals surface area contributed by atoms with E-state index in [-0.39, 0.29) is 41.6 Å². The van der Waals surface area contributed by atoms with Crippen molar-refractivity contribution in [3.05, 3.63) is 82.2 Å². The van der Waals surface area contributed by atoms with Crippen LogP contribution in [0.5, 0.6) is 5.75 Å². The van der Waals surface area contributed by atoms with Crippen molar-refractivity contribution in [2.45, 2.75) is 39.7 Å². The summed E-state index contributed by atoms with van der Waals surface area (Å²) in [6, 6.07) is 15.9. The molecule has 1 aromatic carbocycles. The van der Waals surface area contributed by atoms with E-state index in [0.29, 0.717) is 23.6 Å². The van der Waals surface area contributed by atoms with Gasteiger partial charge < -0.3 is 14.0 Å². The lowest BCUT2D eigenvalue weighted by molar-refractivity contribution is -0.118. The average Bonchev–Trinajstić information content (AvgIpc) is 2.89. The van der Waals surface area contributed by atoms with Gasteiger partial charge in [-0.1, -0.05) is 37.6 Å². The van der Waals surface area contributed by atoms with E-state index in [1.165, 1.54) is 10.5 Å². The van der Waals surface area contributed by atoms with Crippen LogP contribution < -0.4 is 15.8 Å². The molecule has 0 aliphatic heterocycles. The molecule has 4 aromatic rings. The van der Waals surface area contributed by atoms with E-state index in [1.54, 1.807) is 48.0 Å². The molecule has 0 aliphatic rings. The predicted octanol–water partition coefficient (Wildman–Crippen LogP) is 3.52. The number of hydrogen-bond acceptors (Lipinski definition) is 6.